The largest absolute Gasteiger partial charge is 0.379 e. The Kier molecular flexibility index (Phi) is 6.01. The van der Waals surface area contributed by atoms with Crippen LogP contribution in [0.25, 0.3) is 11.2 Å². The summed E-state index contributed by atoms with van der Waals surface area (Å²) in [4.78, 5) is 44.3. The summed E-state index contributed by atoms with van der Waals surface area (Å²) in [6.07, 6.45) is 1.47. The summed E-state index contributed by atoms with van der Waals surface area (Å²) in [6.45, 7) is 3.97. The fourth-order valence-electron chi connectivity index (χ4n) is 3.81. The van der Waals surface area contributed by atoms with E-state index in [1.165, 1.54) is 17.9 Å². The van der Waals surface area contributed by atoms with Crippen LogP contribution < -0.4 is 16.6 Å². The van der Waals surface area contributed by atoms with Gasteiger partial charge in [-0.2, -0.15) is 0 Å². The second-order valence-electron chi connectivity index (χ2n) is 7.69. The number of rotatable bonds is 6. The van der Waals surface area contributed by atoms with Gasteiger partial charge in [0.15, 0.2) is 11.2 Å². The molecule has 3 aromatic rings. The molecule has 1 aliphatic rings. The van der Waals surface area contributed by atoms with E-state index in [1.807, 2.05) is 24.3 Å². The standard InChI is InChI=1S/C21H26N6O4/c1-24-14-23-19-18(24)20(29)27(21(30)25(19)2)13-17(28)22-11-15-5-3-4-6-16(15)12-26-7-9-31-10-8-26/h3-6,14H,7-13H2,1-2H3,(H,22,28). The van der Waals surface area contributed by atoms with Gasteiger partial charge in [0.1, 0.15) is 6.54 Å². The number of benzene rings is 1. The van der Waals surface area contributed by atoms with Crippen molar-refractivity contribution in [3.63, 3.8) is 0 Å². The van der Waals surface area contributed by atoms with Crippen molar-refractivity contribution in [2.24, 2.45) is 14.1 Å². The minimum atomic E-state index is -0.570. The summed E-state index contributed by atoms with van der Waals surface area (Å²) < 4.78 is 9.17. The molecule has 4 rings (SSSR count). The Hall–Kier alpha value is -3.24. The molecule has 1 aromatic carbocycles. The second kappa shape index (κ2) is 8.86. The first kappa shape index (κ1) is 21.0. The first-order valence-corrected chi connectivity index (χ1v) is 10.2. The number of fused-ring (bicyclic) bond motifs is 1. The summed E-state index contributed by atoms with van der Waals surface area (Å²) in [6, 6.07) is 7.94. The number of morpholine rings is 1. The average molecular weight is 426 g/mol. The second-order valence-corrected chi connectivity index (χ2v) is 7.69. The highest BCUT2D eigenvalue weighted by Gasteiger charge is 2.17. The number of aryl methyl sites for hydroxylation is 2. The summed E-state index contributed by atoms with van der Waals surface area (Å²) in [5.74, 6) is -0.401. The van der Waals surface area contributed by atoms with E-state index in [9.17, 15) is 14.4 Å². The molecule has 10 nitrogen and oxygen atoms in total. The maximum atomic E-state index is 12.8. The molecule has 0 spiro atoms. The van der Waals surface area contributed by atoms with E-state index in [1.54, 1.807) is 11.6 Å². The van der Waals surface area contributed by atoms with Gasteiger partial charge >= 0.3 is 5.69 Å². The van der Waals surface area contributed by atoms with Gasteiger partial charge in [-0.25, -0.2) is 14.3 Å². The van der Waals surface area contributed by atoms with E-state index in [-0.39, 0.29) is 12.1 Å². The third-order valence-corrected chi connectivity index (χ3v) is 5.59. The van der Waals surface area contributed by atoms with Crippen LogP contribution in [0.5, 0.6) is 0 Å². The normalized spacial score (nSPS) is 14.8. The van der Waals surface area contributed by atoms with E-state index < -0.39 is 17.2 Å². The lowest BCUT2D eigenvalue weighted by Crippen LogP contribution is -2.43. The summed E-state index contributed by atoms with van der Waals surface area (Å²) in [7, 11) is 3.21. The van der Waals surface area contributed by atoms with Crippen molar-refractivity contribution in [2.75, 3.05) is 26.3 Å². The molecule has 0 radical (unpaired) electrons. The van der Waals surface area contributed by atoms with Crippen molar-refractivity contribution in [3.8, 4) is 0 Å². The molecule has 3 heterocycles. The predicted octanol–water partition coefficient (Wildman–Crippen LogP) is -0.418. The van der Waals surface area contributed by atoms with Gasteiger partial charge in [0, 0.05) is 40.3 Å². The van der Waals surface area contributed by atoms with Crippen LogP contribution in [0.4, 0.5) is 0 Å². The highest BCUT2D eigenvalue weighted by molar-refractivity contribution is 5.76. The number of hydrogen-bond donors (Lipinski definition) is 1. The molecule has 31 heavy (non-hydrogen) atoms. The number of imidazole rings is 1. The van der Waals surface area contributed by atoms with Crippen molar-refractivity contribution in [1.29, 1.82) is 0 Å². The molecule has 1 saturated heterocycles. The van der Waals surface area contributed by atoms with Crippen LogP contribution in [-0.2, 0) is 43.3 Å². The van der Waals surface area contributed by atoms with Gasteiger partial charge in [0.2, 0.25) is 5.91 Å². The number of amides is 1. The van der Waals surface area contributed by atoms with E-state index in [2.05, 4.69) is 15.2 Å². The molecule has 1 fully saturated rings. The van der Waals surface area contributed by atoms with E-state index in [0.717, 1.165) is 48.5 Å². The molecular formula is C21H26N6O4. The molecule has 0 atom stereocenters. The van der Waals surface area contributed by atoms with Gasteiger partial charge in [-0.1, -0.05) is 24.3 Å². The molecule has 1 aliphatic heterocycles. The minimum Gasteiger partial charge on any atom is -0.379 e. The first-order valence-electron chi connectivity index (χ1n) is 10.2. The Bertz CT molecular complexity index is 1220. The quantitative estimate of drug-likeness (QED) is 0.574. The Morgan fingerprint density at radius 2 is 1.84 bits per heavy atom. The topological polar surface area (TPSA) is 103 Å². The Balaban J connectivity index is 1.48. The molecule has 0 unspecified atom stereocenters. The van der Waals surface area contributed by atoms with Gasteiger partial charge in [0.25, 0.3) is 5.56 Å². The monoisotopic (exact) mass is 426 g/mol. The summed E-state index contributed by atoms with van der Waals surface area (Å²) in [5.41, 5.74) is 1.62. The van der Waals surface area contributed by atoms with Crippen LogP contribution >= 0.6 is 0 Å². The number of aromatic nitrogens is 4. The average Bonchev–Trinajstić information content (AvgIpc) is 3.17. The smallest absolute Gasteiger partial charge is 0.332 e. The van der Waals surface area contributed by atoms with Crippen molar-refractivity contribution in [3.05, 3.63) is 62.6 Å². The van der Waals surface area contributed by atoms with Crippen molar-refractivity contribution in [1.82, 2.24) is 28.9 Å². The van der Waals surface area contributed by atoms with Crippen molar-refractivity contribution < 1.29 is 9.53 Å². The zero-order valence-corrected chi connectivity index (χ0v) is 17.7. The third-order valence-electron chi connectivity index (χ3n) is 5.59. The first-order chi connectivity index (χ1) is 15.0. The number of nitrogens with one attached hydrogen (secondary N) is 1. The Morgan fingerprint density at radius 3 is 2.58 bits per heavy atom. The minimum absolute atomic E-state index is 0.283. The van der Waals surface area contributed by atoms with E-state index >= 15 is 0 Å². The molecule has 1 amide bonds. The highest BCUT2D eigenvalue weighted by Crippen LogP contribution is 2.13. The van der Waals surface area contributed by atoms with Gasteiger partial charge < -0.3 is 14.6 Å². The molecule has 10 heteroatoms. The number of carbonyl (C=O) groups is 1. The Morgan fingerprint density at radius 1 is 1.13 bits per heavy atom. The van der Waals surface area contributed by atoms with Crippen LogP contribution in [0.2, 0.25) is 0 Å². The highest BCUT2D eigenvalue weighted by atomic mass is 16.5. The maximum absolute atomic E-state index is 12.8. The molecule has 2 aromatic heterocycles. The van der Waals surface area contributed by atoms with Crippen LogP contribution in [0.15, 0.2) is 40.2 Å². The third kappa shape index (κ3) is 4.30. The maximum Gasteiger partial charge on any atom is 0.332 e. The zero-order valence-electron chi connectivity index (χ0n) is 17.7. The predicted molar refractivity (Wildman–Crippen MR) is 115 cm³/mol. The fraction of sp³-hybridized carbons (Fsp3) is 0.429. The zero-order chi connectivity index (χ0) is 22.0. The van der Waals surface area contributed by atoms with Gasteiger partial charge in [-0.15, -0.1) is 0 Å². The molecule has 0 bridgehead atoms. The van der Waals surface area contributed by atoms with Gasteiger partial charge in [-0.3, -0.25) is 19.1 Å². The van der Waals surface area contributed by atoms with Crippen LogP contribution in [0.1, 0.15) is 11.1 Å². The lowest BCUT2D eigenvalue weighted by atomic mass is 10.1. The molecule has 164 valence electrons. The van der Waals surface area contributed by atoms with E-state index in [4.69, 9.17) is 4.74 Å². The fourth-order valence-corrected chi connectivity index (χ4v) is 3.81. The number of nitrogens with zero attached hydrogens (tertiary/aromatic N) is 5. The van der Waals surface area contributed by atoms with Crippen LogP contribution in [0, 0.1) is 0 Å². The number of ether oxygens (including phenoxy) is 1. The molecular weight excluding hydrogens is 400 g/mol. The van der Waals surface area contributed by atoms with Crippen molar-refractivity contribution in [2.45, 2.75) is 19.6 Å². The van der Waals surface area contributed by atoms with Gasteiger partial charge in [0.05, 0.1) is 19.5 Å². The Labute approximate surface area is 178 Å². The van der Waals surface area contributed by atoms with E-state index in [0.29, 0.717) is 12.2 Å². The lowest BCUT2D eigenvalue weighted by Gasteiger charge is -2.27. The molecule has 0 aliphatic carbocycles. The summed E-state index contributed by atoms with van der Waals surface area (Å²) in [5, 5.41) is 2.84. The van der Waals surface area contributed by atoms with Gasteiger partial charge in [-0.05, 0) is 11.1 Å². The molecule has 1 N–H and O–H groups in total. The lowest BCUT2D eigenvalue weighted by molar-refractivity contribution is -0.121. The SMILES string of the molecule is Cn1cnc2c1c(=O)n(CC(=O)NCc1ccccc1CN1CCOCC1)c(=O)n2C. The van der Waals surface area contributed by atoms with Crippen LogP contribution in [-0.4, -0.2) is 55.8 Å². The number of hydrogen-bond acceptors (Lipinski definition) is 6. The number of carbonyl (C=O) groups excluding carboxylic acids is 1. The van der Waals surface area contributed by atoms with Crippen molar-refractivity contribution >= 4 is 17.1 Å². The van der Waals surface area contributed by atoms with Crippen LogP contribution in [0.3, 0.4) is 0 Å². The molecule has 0 saturated carbocycles. The summed E-state index contributed by atoms with van der Waals surface area (Å²) >= 11 is 0.